The second-order valence-electron chi connectivity index (χ2n) is 7.92. The number of rotatable bonds is 12. The maximum absolute atomic E-state index is 10.5. The summed E-state index contributed by atoms with van der Waals surface area (Å²) in [7, 11) is 0. The van der Waals surface area contributed by atoms with Crippen LogP contribution in [0.25, 0.3) is 16.0 Å². The minimum absolute atomic E-state index is 0.0122. The number of nitrogens with zero attached hydrogens (tertiary/aromatic N) is 2. The third-order valence-corrected chi connectivity index (χ3v) is 6.26. The number of benzene rings is 2. The van der Waals surface area contributed by atoms with Gasteiger partial charge in [-0.3, -0.25) is 0 Å². The molecule has 7 nitrogen and oxygen atoms in total. The number of aliphatic hydroxyl groups is 1. The van der Waals surface area contributed by atoms with E-state index in [0.717, 1.165) is 21.6 Å². The number of nitrogens with one attached hydrogen (secondary N) is 1. The summed E-state index contributed by atoms with van der Waals surface area (Å²) < 4.78 is 11.3. The van der Waals surface area contributed by atoms with Gasteiger partial charge in [-0.25, -0.2) is 0 Å². The predicted molar refractivity (Wildman–Crippen MR) is 149 cm³/mol. The van der Waals surface area contributed by atoms with E-state index in [-0.39, 0.29) is 19.3 Å². The van der Waals surface area contributed by atoms with E-state index in [9.17, 15) is 5.11 Å². The molecule has 0 amide bonds. The molecule has 4 N–H and O–H groups in total. The fraction of sp³-hybridized carbons (Fsp3) is 0.310. The normalized spacial score (nSPS) is 12.3. The molecule has 0 radical (unpaired) electrons. The van der Waals surface area contributed by atoms with Crippen LogP contribution in [0.5, 0.6) is 11.5 Å². The number of nitriles is 2. The standard InChI is InChI=1S/C27H28N4O3S.C2H6/c1-19(13-21(15-29)20-5-4-6-23(14-20)33-12-11-28)31-17-22(32)18-34-26-8-3-2-7-25(26)27-10-9-24(16-30)35-27;1-2/h2-10,14-15,19,22,31-32H,12-13,17-18,29H2,1H3;1-2H3/b21-15-;. The highest BCUT2D eigenvalue weighted by atomic mass is 32.1. The fourth-order valence-electron chi connectivity index (χ4n) is 3.51. The zero-order chi connectivity index (χ0) is 27.0. The van der Waals surface area contributed by atoms with Gasteiger partial charge in [-0.1, -0.05) is 38.1 Å². The summed E-state index contributed by atoms with van der Waals surface area (Å²) in [5.74, 6) is 1.28. The van der Waals surface area contributed by atoms with Crippen molar-refractivity contribution in [3.05, 3.63) is 77.3 Å². The lowest BCUT2D eigenvalue weighted by molar-refractivity contribution is 0.104. The van der Waals surface area contributed by atoms with Gasteiger partial charge in [-0.05, 0) is 67.1 Å². The molecule has 37 heavy (non-hydrogen) atoms. The van der Waals surface area contributed by atoms with Gasteiger partial charge in [0.2, 0.25) is 0 Å². The van der Waals surface area contributed by atoms with Gasteiger partial charge in [0.1, 0.15) is 41.2 Å². The van der Waals surface area contributed by atoms with Crippen molar-refractivity contribution in [2.24, 2.45) is 5.73 Å². The van der Waals surface area contributed by atoms with E-state index >= 15 is 0 Å². The lowest BCUT2D eigenvalue weighted by atomic mass is 10.00. The Balaban J connectivity index is 0.00000235. The summed E-state index contributed by atoms with van der Waals surface area (Å²) in [6, 6.07) is 22.9. The summed E-state index contributed by atoms with van der Waals surface area (Å²) in [5.41, 5.74) is 8.62. The molecule has 0 bridgehead atoms. The first kappa shape index (κ1) is 29.4. The van der Waals surface area contributed by atoms with Gasteiger partial charge in [0.15, 0.2) is 6.61 Å². The first-order valence-electron chi connectivity index (χ1n) is 12.2. The van der Waals surface area contributed by atoms with Crippen LogP contribution in [0.3, 0.4) is 0 Å². The predicted octanol–water partition coefficient (Wildman–Crippen LogP) is 5.32. The Morgan fingerprint density at radius 2 is 1.89 bits per heavy atom. The molecule has 0 aliphatic heterocycles. The number of nitrogens with two attached hydrogens (primary N) is 1. The van der Waals surface area contributed by atoms with E-state index in [1.165, 1.54) is 11.3 Å². The summed E-state index contributed by atoms with van der Waals surface area (Å²) in [5, 5.41) is 31.6. The Kier molecular flexibility index (Phi) is 12.7. The number of para-hydroxylation sites is 1. The second kappa shape index (κ2) is 16.0. The fourth-order valence-corrected chi connectivity index (χ4v) is 4.34. The monoisotopic (exact) mass is 518 g/mol. The van der Waals surface area contributed by atoms with Gasteiger partial charge < -0.3 is 25.6 Å². The summed E-state index contributed by atoms with van der Waals surface area (Å²) in [6.45, 7) is 6.49. The highest BCUT2D eigenvalue weighted by molar-refractivity contribution is 7.16. The van der Waals surface area contributed by atoms with Gasteiger partial charge in [0, 0.05) is 23.0 Å². The van der Waals surface area contributed by atoms with Crippen molar-refractivity contribution in [1.82, 2.24) is 5.32 Å². The van der Waals surface area contributed by atoms with Crippen LogP contribution in [0.4, 0.5) is 0 Å². The summed E-state index contributed by atoms with van der Waals surface area (Å²) in [4.78, 5) is 1.59. The van der Waals surface area contributed by atoms with Gasteiger partial charge >= 0.3 is 0 Å². The van der Waals surface area contributed by atoms with Gasteiger partial charge in [-0.15, -0.1) is 11.3 Å². The largest absolute Gasteiger partial charge is 0.490 e. The van der Waals surface area contributed by atoms with Crippen LogP contribution in [0.15, 0.2) is 66.9 Å². The number of hydrogen-bond donors (Lipinski definition) is 3. The van der Waals surface area contributed by atoms with E-state index < -0.39 is 6.10 Å². The zero-order valence-corrected chi connectivity index (χ0v) is 22.3. The number of aliphatic hydroxyl groups excluding tert-OH is 1. The summed E-state index contributed by atoms with van der Waals surface area (Å²) in [6.07, 6.45) is 1.51. The van der Waals surface area contributed by atoms with Crippen molar-refractivity contribution < 1.29 is 14.6 Å². The Labute approximate surface area is 223 Å². The molecule has 0 spiro atoms. The Bertz CT molecular complexity index is 1230. The number of ether oxygens (including phenoxy) is 2. The molecule has 0 saturated heterocycles. The van der Waals surface area contributed by atoms with Crippen LogP contribution in [-0.2, 0) is 0 Å². The van der Waals surface area contributed by atoms with E-state index in [0.29, 0.717) is 29.3 Å². The van der Waals surface area contributed by atoms with E-state index in [1.807, 2.05) is 75.4 Å². The van der Waals surface area contributed by atoms with E-state index in [1.54, 1.807) is 18.3 Å². The van der Waals surface area contributed by atoms with Crippen LogP contribution < -0.4 is 20.5 Å². The van der Waals surface area contributed by atoms with Crippen molar-refractivity contribution in [2.45, 2.75) is 39.3 Å². The molecule has 1 heterocycles. The zero-order valence-electron chi connectivity index (χ0n) is 21.5. The maximum atomic E-state index is 10.5. The quantitative estimate of drug-likeness (QED) is 0.296. The molecule has 0 aliphatic carbocycles. The average Bonchev–Trinajstić information content (AvgIpc) is 3.43. The molecule has 2 aromatic carbocycles. The average molecular weight is 519 g/mol. The van der Waals surface area contributed by atoms with Crippen LogP contribution in [0, 0.1) is 22.7 Å². The molecule has 8 heteroatoms. The van der Waals surface area contributed by atoms with Crippen molar-refractivity contribution in [2.75, 3.05) is 19.8 Å². The minimum atomic E-state index is -0.712. The van der Waals surface area contributed by atoms with Crippen LogP contribution in [-0.4, -0.2) is 37.0 Å². The Morgan fingerprint density at radius 1 is 1.11 bits per heavy atom. The van der Waals surface area contributed by atoms with Crippen LogP contribution in [0.1, 0.15) is 37.6 Å². The molecule has 1 aromatic heterocycles. The van der Waals surface area contributed by atoms with Gasteiger partial charge in [-0.2, -0.15) is 10.5 Å². The minimum Gasteiger partial charge on any atom is -0.490 e. The van der Waals surface area contributed by atoms with Crippen molar-refractivity contribution in [3.8, 4) is 34.1 Å². The lowest BCUT2D eigenvalue weighted by Crippen LogP contribution is -2.36. The molecule has 2 atom stereocenters. The number of hydrogen-bond acceptors (Lipinski definition) is 8. The van der Waals surface area contributed by atoms with Crippen molar-refractivity contribution in [3.63, 3.8) is 0 Å². The Morgan fingerprint density at radius 3 is 2.59 bits per heavy atom. The Hall–Kier alpha value is -3.82. The first-order chi connectivity index (χ1) is 18.0. The molecule has 3 rings (SSSR count). The topological polar surface area (TPSA) is 124 Å². The highest BCUT2D eigenvalue weighted by Crippen LogP contribution is 2.34. The molecule has 3 aromatic rings. The smallest absolute Gasteiger partial charge is 0.174 e. The highest BCUT2D eigenvalue weighted by Gasteiger charge is 2.14. The SMILES string of the molecule is CC.CC(C/C(=C/N)c1cccc(OCC#N)c1)NCC(O)COc1ccccc1-c1ccc(C#N)s1. The van der Waals surface area contributed by atoms with E-state index in [4.69, 9.17) is 25.7 Å². The van der Waals surface area contributed by atoms with Crippen LogP contribution >= 0.6 is 11.3 Å². The third kappa shape index (κ3) is 9.29. The molecule has 0 saturated carbocycles. The number of thiophene rings is 1. The maximum Gasteiger partial charge on any atom is 0.174 e. The van der Waals surface area contributed by atoms with Gasteiger partial charge in [0.25, 0.3) is 0 Å². The third-order valence-electron chi connectivity index (χ3n) is 5.24. The molecular weight excluding hydrogens is 484 g/mol. The molecule has 0 fully saturated rings. The molecular formula is C29H34N4O3S. The van der Waals surface area contributed by atoms with E-state index in [2.05, 4.69) is 11.4 Å². The van der Waals surface area contributed by atoms with Crippen molar-refractivity contribution >= 4 is 16.9 Å². The lowest BCUT2D eigenvalue weighted by Gasteiger charge is -2.20. The second-order valence-corrected chi connectivity index (χ2v) is 9.00. The molecule has 194 valence electrons. The van der Waals surface area contributed by atoms with Crippen LogP contribution in [0.2, 0.25) is 0 Å². The summed E-state index contributed by atoms with van der Waals surface area (Å²) >= 11 is 1.41. The van der Waals surface area contributed by atoms with Crippen molar-refractivity contribution in [1.29, 1.82) is 10.5 Å². The van der Waals surface area contributed by atoms with Gasteiger partial charge in [0.05, 0.1) is 0 Å². The first-order valence-corrected chi connectivity index (χ1v) is 13.0. The molecule has 0 aliphatic rings. The molecule has 2 unspecified atom stereocenters.